The second kappa shape index (κ2) is 8.28. The number of hydrazone groups is 1. The zero-order chi connectivity index (χ0) is 17.6. The molecule has 1 saturated carbocycles. The molecule has 0 aliphatic heterocycles. The first-order valence-corrected chi connectivity index (χ1v) is 10.2. The van der Waals surface area contributed by atoms with E-state index in [4.69, 9.17) is 0 Å². The smallest absolute Gasteiger partial charge is 0.260 e. The van der Waals surface area contributed by atoms with Crippen molar-refractivity contribution in [3.8, 4) is 0 Å². The van der Waals surface area contributed by atoms with Crippen LogP contribution in [0.1, 0.15) is 44.6 Å². The van der Waals surface area contributed by atoms with Gasteiger partial charge < -0.3 is 0 Å². The second-order valence-electron chi connectivity index (χ2n) is 6.03. The first-order chi connectivity index (χ1) is 11.4. The molecule has 0 aromatic heterocycles. The van der Waals surface area contributed by atoms with E-state index in [0.717, 1.165) is 47.5 Å². The number of hydrogen-bond donors (Lipinski definition) is 1. The van der Waals surface area contributed by atoms with Crippen LogP contribution in [0.3, 0.4) is 0 Å². The number of benzene rings is 1. The van der Waals surface area contributed by atoms with Gasteiger partial charge in [0.1, 0.15) is 6.54 Å². The van der Waals surface area contributed by atoms with Gasteiger partial charge in [0.05, 0.1) is 11.9 Å². The van der Waals surface area contributed by atoms with E-state index in [1.54, 1.807) is 12.1 Å². The van der Waals surface area contributed by atoms with Crippen molar-refractivity contribution < 1.29 is 13.2 Å². The maximum Gasteiger partial charge on any atom is 0.260 e. The van der Waals surface area contributed by atoms with Crippen LogP contribution in [0.25, 0.3) is 0 Å². The Bertz CT molecular complexity index is 706. The molecule has 132 valence electrons. The Balaban J connectivity index is 2.13. The van der Waals surface area contributed by atoms with E-state index >= 15 is 0 Å². The Morgan fingerprint density at radius 1 is 1.21 bits per heavy atom. The maximum absolute atomic E-state index is 12.2. The van der Waals surface area contributed by atoms with Gasteiger partial charge in [-0.05, 0) is 43.7 Å². The first-order valence-electron chi connectivity index (χ1n) is 8.31. The molecule has 24 heavy (non-hydrogen) atoms. The van der Waals surface area contributed by atoms with Crippen LogP contribution >= 0.6 is 0 Å². The Morgan fingerprint density at radius 3 is 2.50 bits per heavy atom. The van der Waals surface area contributed by atoms with E-state index < -0.39 is 15.9 Å². The van der Waals surface area contributed by atoms with Crippen LogP contribution in [-0.4, -0.2) is 32.8 Å². The maximum atomic E-state index is 12.2. The molecule has 0 spiro atoms. The van der Waals surface area contributed by atoms with Gasteiger partial charge in [-0.15, -0.1) is 0 Å². The minimum Gasteiger partial charge on any atom is -0.271 e. The highest BCUT2D eigenvalue weighted by Gasteiger charge is 2.22. The molecule has 0 radical (unpaired) electrons. The normalized spacial score (nSPS) is 15.0. The summed E-state index contributed by atoms with van der Waals surface area (Å²) < 4.78 is 25.4. The lowest BCUT2D eigenvalue weighted by atomic mass is 9.99. The van der Waals surface area contributed by atoms with Gasteiger partial charge in [-0.3, -0.25) is 9.10 Å². The number of carbonyl (C=O) groups excluding carboxylic acids is 1. The fourth-order valence-corrected chi connectivity index (χ4v) is 3.70. The molecule has 1 aliphatic rings. The molecule has 1 aromatic carbocycles. The molecule has 1 fully saturated rings. The first kappa shape index (κ1) is 18.4. The summed E-state index contributed by atoms with van der Waals surface area (Å²) in [5.41, 5.74) is 4.91. The van der Waals surface area contributed by atoms with Crippen LogP contribution in [0.15, 0.2) is 29.4 Å². The van der Waals surface area contributed by atoms with Gasteiger partial charge in [0.15, 0.2) is 0 Å². The van der Waals surface area contributed by atoms with Crippen molar-refractivity contribution in [2.45, 2.75) is 45.4 Å². The van der Waals surface area contributed by atoms with Gasteiger partial charge in [0, 0.05) is 5.71 Å². The highest BCUT2D eigenvalue weighted by Crippen LogP contribution is 2.23. The van der Waals surface area contributed by atoms with E-state index in [1.165, 1.54) is 6.42 Å². The van der Waals surface area contributed by atoms with Crippen LogP contribution in [0.4, 0.5) is 5.69 Å². The molecular weight excluding hydrogens is 326 g/mol. The third-order valence-corrected chi connectivity index (χ3v) is 5.22. The minimum atomic E-state index is -3.56. The summed E-state index contributed by atoms with van der Waals surface area (Å²) in [6, 6.07) is 7.22. The van der Waals surface area contributed by atoms with Crippen molar-refractivity contribution in [2.24, 2.45) is 5.10 Å². The quantitative estimate of drug-likeness (QED) is 0.800. The van der Waals surface area contributed by atoms with Crippen molar-refractivity contribution in [1.82, 2.24) is 5.43 Å². The van der Waals surface area contributed by atoms with Crippen molar-refractivity contribution in [1.29, 1.82) is 0 Å². The monoisotopic (exact) mass is 351 g/mol. The van der Waals surface area contributed by atoms with Crippen LogP contribution in [0.5, 0.6) is 0 Å². The number of para-hydroxylation sites is 1. The molecular formula is C17H25N3O3S. The summed E-state index contributed by atoms with van der Waals surface area (Å²) in [6.45, 7) is 1.68. The Hall–Kier alpha value is -1.89. The fraction of sp³-hybridized carbons (Fsp3) is 0.529. The van der Waals surface area contributed by atoms with Gasteiger partial charge in [0.25, 0.3) is 5.91 Å². The lowest BCUT2D eigenvalue weighted by Crippen LogP contribution is -2.39. The predicted octanol–water partition coefficient (Wildman–Crippen LogP) is 2.45. The summed E-state index contributed by atoms with van der Waals surface area (Å²) >= 11 is 0. The average Bonchev–Trinajstić information content (AvgIpc) is 2.58. The van der Waals surface area contributed by atoms with E-state index in [1.807, 2.05) is 19.1 Å². The van der Waals surface area contributed by atoms with Crippen LogP contribution in [0, 0.1) is 0 Å². The predicted molar refractivity (Wildman–Crippen MR) is 96.7 cm³/mol. The topological polar surface area (TPSA) is 78.8 Å². The molecule has 0 bridgehead atoms. The number of hydrogen-bond acceptors (Lipinski definition) is 4. The van der Waals surface area contributed by atoms with Crippen molar-refractivity contribution >= 4 is 27.3 Å². The van der Waals surface area contributed by atoms with Crippen molar-refractivity contribution in [3.05, 3.63) is 29.8 Å². The van der Waals surface area contributed by atoms with Gasteiger partial charge >= 0.3 is 0 Å². The number of amides is 1. The summed E-state index contributed by atoms with van der Waals surface area (Å²) in [5, 5.41) is 4.15. The van der Waals surface area contributed by atoms with Crippen LogP contribution in [0.2, 0.25) is 0 Å². The number of carbonyl (C=O) groups is 1. The zero-order valence-corrected chi connectivity index (χ0v) is 15.1. The molecule has 1 aromatic rings. The third-order valence-electron chi connectivity index (χ3n) is 4.10. The molecule has 1 amide bonds. The highest BCUT2D eigenvalue weighted by atomic mass is 32.2. The SMILES string of the molecule is CCc1ccccc1N(CC(=O)NN=C1CCCCC1)S(C)(=O)=O. The molecule has 2 rings (SSSR count). The summed E-state index contributed by atoms with van der Waals surface area (Å²) in [4.78, 5) is 12.2. The molecule has 0 heterocycles. The molecule has 1 aliphatic carbocycles. The van der Waals surface area contributed by atoms with Gasteiger partial charge in [0.2, 0.25) is 10.0 Å². The van der Waals surface area contributed by atoms with Gasteiger partial charge in [-0.25, -0.2) is 13.8 Å². The van der Waals surface area contributed by atoms with Gasteiger partial charge in [-0.2, -0.15) is 5.10 Å². The fourth-order valence-electron chi connectivity index (χ4n) is 2.81. The lowest BCUT2D eigenvalue weighted by molar-refractivity contribution is -0.119. The number of sulfonamides is 1. The molecule has 0 unspecified atom stereocenters. The molecule has 0 saturated heterocycles. The number of rotatable bonds is 6. The molecule has 6 nitrogen and oxygen atoms in total. The van der Waals surface area contributed by atoms with Crippen molar-refractivity contribution in [3.63, 3.8) is 0 Å². The highest BCUT2D eigenvalue weighted by molar-refractivity contribution is 7.92. The van der Waals surface area contributed by atoms with E-state index in [0.29, 0.717) is 12.1 Å². The number of nitrogens with one attached hydrogen (secondary N) is 1. The largest absolute Gasteiger partial charge is 0.271 e. The van der Waals surface area contributed by atoms with E-state index in [-0.39, 0.29) is 6.54 Å². The average molecular weight is 351 g/mol. The molecule has 0 atom stereocenters. The van der Waals surface area contributed by atoms with Crippen LogP contribution in [-0.2, 0) is 21.2 Å². The third kappa shape index (κ3) is 5.06. The Morgan fingerprint density at radius 2 is 1.88 bits per heavy atom. The summed E-state index contributed by atoms with van der Waals surface area (Å²) in [5.74, 6) is -0.426. The molecule has 1 N–H and O–H groups in total. The lowest BCUT2D eigenvalue weighted by Gasteiger charge is -2.24. The number of nitrogens with zero attached hydrogens (tertiary/aromatic N) is 2. The Kier molecular flexibility index (Phi) is 6.36. The molecule has 7 heteroatoms. The Labute approximate surface area is 144 Å². The summed E-state index contributed by atoms with van der Waals surface area (Å²) in [6.07, 6.45) is 6.97. The standard InChI is InChI=1S/C17H25N3O3S/c1-3-14-9-7-8-12-16(14)20(24(2,22)23)13-17(21)19-18-15-10-5-4-6-11-15/h7-9,12H,3-6,10-11,13H2,1-2H3,(H,19,21). The van der Waals surface area contributed by atoms with E-state index in [9.17, 15) is 13.2 Å². The summed E-state index contributed by atoms with van der Waals surface area (Å²) in [7, 11) is -3.56. The number of aryl methyl sites for hydroxylation is 1. The second-order valence-corrected chi connectivity index (χ2v) is 7.93. The van der Waals surface area contributed by atoms with Crippen molar-refractivity contribution in [2.75, 3.05) is 17.1 Å². The number of anilines is 1. The van der Waals surface area contributed by atoms with Crippen LogP contribution < -0.4 is 9.73 Å². The minimum absolute atomic E-state index is 0.271. The van der Waals surface area contributed by atoms with Gasteiger partial charge in [-0.1, -0.05) is 31.5 Å². The zero-order valence-electron chi connectivity index (χ0n) is 14.3. The van der Waals surface area contributed by atoms with E-state index in [2.05, 4.69) is 10.5 Å².